The first kappa shape index (κ1) is 18.9. The van der Waals surface area contributed by atoms with Gasteiger partial charge in [-0.25, -0.2) is 0 Å². The number of hydrogen-bond acceptors (Lipinski definition) is 1. The summed E-state index contributed by atoms with van der Waals surface area (Å²) < 4.78 is 5.07. The number of unbranched alkanes of at least 4 members (excludes halogenated alkanes) is 9. The fourth-order valence-corrected chi connectivity index (χ4v) is 1.76. The molecule has 16 heavy (non-hydrogen) atoms. The van der Waals surface area contributed by atoms with E-state index in [1.165, 1.54) is 70.5 Å². The zero-order chi connectivity index (χ0) is 11.2. The van der Waals surface area contributed by atoms with Gasteiger partial charge in [0.25, 0.3) is 0 Å². The third-order valence-corrected chi connectivity index (χ3v) is 2.73. The van der Waals surface area contributed by atoms with Gasteiger partial charge in [-0.1, -0.05) is 71.3 Å². The summed E-state index contributed by atoms with van der Waals surface area (Å²) >= 11 is 0. The Balaban J connectivity index is 0. The summed E-state index contributed by atoms with van der Waals surface area (Å²) in [5, 5.41) is 0. The van der Waals surface area contributed by atoms with Crippen LogP contribution in [0.25, 0.3) is 0 Å². The minimum Gasteiger partial charge on any atom is -0.502 e. The standard InChI is InChI=1S/C14H28O.Na/c1-3-5-6-7-8-9-10-11-12-13-14-15-4-2;/h4H,2-3,5-14H2,1H3;/q;+1. The Morgan fingerprint density at radius 2 is 1.25 bits per heavy atom. The van der Waals surface area contributed by atoms with Gasteiger partial charge in [0.2, 0.25) is 0 Å². The van der Waals surface area contributed by atoms with Crippen LogP contribution in [0.3, 0.4) is 0 Å². The Morgan fingerprint density at radius 3 is 1.69 bits per heavy atom. The molecule has 0 aromatic carbocycles. The molecule has 0 aliphatic rings. The molecule has 0 saturated heterocycles. The molecule has 0 N–H and O–H groups in total. The van der Waals surface area contributed by atoms with Crippen LogP contribution in [0.2, 0.25) is 0 Å². The van der Waals surface area contributed by atoms with E-state index in [0.29, 0.717) is 0 Å². The second-order valence-electron chi connectivity index (χ2n) is 4.22. The maximum atomic E-state index is 5.07. The number of hydrogen-bond donors (Lipinski definition) is 0. The zero-order valence-electron chi connectivity index (χ0n) is 11.5. The first-order chi connectivity index (χ1) is 7.41. The van der Waals surface area contributed by atoms with Crippen LogP contribution in [0, 0.1) is 0 Å². The smallest absolute Gasteiger partial charge is 0.502 e. The van der Waals surface area contributed by atoms with Crippen molar-refractivity contribution in [3.05, 3.63) is 12.8 Å². The second-order valence-corrected chi connectivity index (χ2v) is 4.22. The Bertz CT molecular complexity index is 126. The number of ether oxygens (including phenoxy) is 1. The van der Waals surface area contributed by atoms with E-state index in [-0.39, 0.29) is 29.6 Å². The van der Waals surface area contributed by atoms with E-state index < -0.39 is 0 Å². The Kier molecular flexibility index (Phi) is 21.2. The van der Waals surface area contributed by atoms with Gasteiger partial charge in [-0.05, 0) is 6.42 Å². The van der Waals surface area contributed by atoms with Crippen molar-refractivity contribution >= 4 is 0 Å². The Labute approximate surface area is 124 Å². The van der Waals surface area contributed by atoms with Gasteiger partial charge in [0.05, 0.1) is 12.9 Å². The third kappa shape index (κ3) is 17.0. The topological polar surface area (TPSA) is 9.23 Å². The molecule has 1 nitrogen and oxygen atoms in total. The third-order valence-electron chi connectivity index (χ3n) is 2.73. The van der Waals surface area contributed by atoms with Gasteiger partial charge in [0.15, 0.2) is 0 Å². The largest absolute Gasteiger partial charge is 1.00 e. The van der Waals surface area contributed by atoms with Crippen LogP contribution in [0.15, 0.2) is 12.8 Å². The maximum absolute atomic E-state index is 5.07. The van der Waals surface area contributed by atoms with Crippen molar-refractivity contribution in [2.24, 2.45) is 0 Å². The minimum atomic E-state index is 0. The van der Waals surface area contributed by atoms with Crippen molar-refractivity contribution in [2.75, 3.05) is 6.61 Å². The first-order valence-electron chi connectivity index (χ1n) is 6.64. The maximum Gasteiger partial charge on any atom is 1.00 e. The zero-order valence-corrected chi connectivity index (χ0v) is 13.5. The summed E-state index contributed by atoms with van der Waals surface area (Å²) in [6, 6.07) is 0. The molecular formula is C14H28NaO+. The van der Waals surface area contributed by atoms with E-state index in [1.54, 1.807) is 0 Å². The molecule has 0 aromatic heterocycles. The summed E-state index contributed by atoms with van der Waals surface area (Å²) in [6.45, 7) is 6.64. The van der Waals surface area contributed by atoms with Crippen molar-refractivity contribution < 1.29 is 34.3 Å². The minimum absolute atomic E-state index is 0. The predicted octanol–water partition coefficient (Wildman–Crippen LogP) is 2.07. The van der Waals surface area contributed by atoms with Crippen LogP contribution in [0.5, 0.6) is 0 Å². The van der Waals surface area contributed by atoms with Gasteiger partial charge in [-0.2, -0.15) is 0 Å². The average Bonchev–Trinajstić information content (AvgIpc) is 2.26. The van der Waals surface area contributed by atoms with Crippen molar-refractivity contribution in [1.82, 2.24) is 0 Å². The molecule has 0 aromatic rings. The molecular weight excluding hydrogens is 207 g/mol. The molecule has 0 aliphatic heterocycles. The molecule has 0 unspecified atom stereocenters. The molecule has 0 fully saturated rings. The number of rotatable bonds is 12. The van der Waals surface area contributed by atoms with Crippen LogP contribution < -0.4 is 29.6 Å². The van der Waals surface area contributed by atoms with E-state index in [2.05, 4.69) is 13.5 Å². The van der Waals surface area contributed by atoms with E-state index in [9.17, 15) is 0 Å². The van der Waals surface area contributed by atoms with Crippen LogP contribution in [-0.4, -0.2) is 6.61 Å². The van der Waals surface area contributed by atoms with Crippen LogP contribution in [-0.2, 0) is 4.74 Å². The summed E-state index contributed by atoms with van der Waals surface area (Å²) in [5.41, 5.74) is 0. The summed E-state index contributed by atoms with van der Waals surface area (Å²) in [6.07, 6.45) is 15.3. The van der Waals surface area contributed by atoms with Crippen molar-refractivity contribution in [1.29, 1.82) is 0 Å². The molecule has 0 heterocycles. The van der Waals surface area contributed by atoms with Gasteiger partial charge in [0.1, 0.15) is 0 Å². The van der Waals surface area contributed by atoms with Gasteiger partial charge in [0, 0.05) is 0 Å². The molecule has 0 rings (SSSR count). The molecule has 0 aliphatic carbocycles. The molecule has 0 spiro atoms. The SMILES string of the molecule is C=COCCCCCCCCCCCC.[Na+]. The summed E-state index contributed by atoms with van der Waals surface area (Å²) in [5.74, 6) is 0. The van der Waals surface area contributed by atoms with E-state index in [1.807, 2.05) is 0 Å². The fourth-order valence-electron chi connectivity index (χ4n) is 1.76. The molecule has 2 heteroatoms. The van der Waals surface area contributed by atoms with E-state index in [0.717, 1.165) is 6.61 Å². The summed E-state index contributed by atoms with van der Waals surface area (Å²) in [4.78, 5) is 0. The molecule has 90 valence electrons. The summed E-state index contributed by atoms with van der Waals surface area (Å²) in [7, 11) is 0. The quantitative estimate of drug-likeness (QED) is 0.286. The van der Waals surface area contributed by atoms with E-state index in [4.69, 9.17) is 4.74 Å². The fraction of sp³-hybridized carbons (Fsp3) is 0.857. The average molecular weight is 235 g/mol. The van der Waals surface area contributed by atoms with Crippen LogP contribution in [0.1, 0.15) is 71.1 Å². The van der Waals surface area contributed by atoms with Gasteiger partial charge < -0.3 is 4.74 Å². The molecule has 0 radical (unpaired) electrons. The monoisotopic (exact) mass is 235 g/mol. The molecule has 0 saturated carbocycles. The molecule has 0 amide bonds. The van der Waals surface area contributed by atoms with Gasteiger partial charge >= 0.3 is 29.6 Å². The Hall–Kier alpha value is 0.540. The molecule has 0 bridgehead atoms. The Morgan fingerprint density at radius 1 is 0.812 bits per heavy atom. The molecule has 0 atom stereocenters. The van der Waals surface area contributed by atoms with Crippen LogP contribution in [0.4, 0.5) is 0 Å². The van der Waals surface area contributed by atoms with Crippen molar-refractivity contribution in [2.45, 2.75) is 71.1 Å². The van der Waals surface area contributed by atoms with E-state index >= 15 is 0 Å². The normalized spacial score (nSPS) is 9.56. The van der Waals surface area contributed by atoms with Crippen molar-refractivity contribution in [3.63, 3.8) is 0 Å². The van der Waals surface area contributed by atoms with Gasteiger partial charge in [-0.3, -0.25) is 0 Å². The van der Waals surface area contributed by atoms with Crippen molar-refractivity contribution in [3.8, 4) is 0 Å². The predicted molar refractivity (Wildman–Crippen MR) is 68.0 cm³/mol. The second kappa shape index (κ2) is 17.9. The van der Waals surface area contributed by atoms with Crippen LogP contribution >= 0.6 is 0 Å². The first-order valence-corrected chi connectivity index (χ1v) is 6.64. The van der Waals surface area contributed by atoms with Gasteiger partial charge in [-0.15, -0.1) is 0 Å².